The molecule has 180 valence electrons. The van der Waals surface area contributed by atoms with Gasteiger partial charge >= 0.3 is 12.1 Å². The van der Waals surface area contributed by atoms with Crippen molar-refractivity contribution in [3.63, 3.8) is 0 Å². The molecule has 0 spiro atoms. The SMILES string of the molecule is CC.CCC.COC(=O)C(CC1CCNC1=O)NC(=O)CNC(=O)OCc1ccccc1. The number of alkyl carbamates (subject to hydrolysis) is 1. The third-order valence-electron chi connectivity index (χ3n) is 4.11. The van der Waals surface area contributed by atoms with E-state index >= 15 is 0 Å². The maximum Gasteiger partial charge on any atom is 0.407 e. The Morgan fingerprint density at radius 2 is 1.78 bits per heavy atom. The average molecular weight is 452 g/mol. The number of ether oxygens (including phenoxy) is 2. The zero-order valence-electron chi connectivity index (χ0n) is 19.7. The normalized spacial score (nSPS) is 14.9. The van der Waals surface area contributed by atoms with Crippen LogP contribution in [0.25, 0.3) is 0 Å². The number of carbonyl (C=O) groups excluding carboxylic acids is 4. The summed E-state index contributed by atoms with van der Waals surface area (Å²) in [6, 6.07) is 8.14. The predicted molar refractivity (Wildman–Crippen MR) is 122 cm³/mol. The Hall–Kier alpha value is -3.10. The van der Waals surface area contributed by atoms with Crippen LogP contribution in [0.2, 0.25) is 0 Å². The number of hydrogen-bond acceptors (Lipinski definition) is 6. The zero-order valence-corrected chi connectivity index (χ0v) is 19.7. The highest BCUT2D eigenvalue weighted by Crippen LogP contribution is 2.16. The summed E-state index contributed by atoms with van der Waals surface area (Å²) in [5, 5.41) is 7.47. The van der Waals surface area contributed by atoms with Gasteiger partial charge in [0.15, 0.2) is 0 Å². The first kappa shape index (κ1) is 28.9. The summed E-state index contributed by atoms with van der Waals surface area (Å²) in [6.45, 7) is 8.51. The molecule has 1 fully saturated rings. The summed E-state index contributed by atoms with van der Waals surface area (Å²) < 4.78 is 9.67. The van der Waals surface area contributed by atoms with Crippen LogP contribution in [-0.4, -0.2) is 50.1 Å². The summed E-state index contributed by atoms with van der Waals surface area (Å²) in [6.07, 6.45) is 1.23. The van der Waals surface area contributed by atoms with Crippen molar-refractivity contribution in [1.29, 1.82) is 0 Å². The first-order valence-corrected chi connectivity index (χ1v) is 11.0. The van der Waals surface area contributed by atoms with Crippen LogP contribution in [0.3, 0.4) is 0 Å². The van der Waals surface area contributed by atoms with Crippen LogP contribution in [0.15, 0.2) is 30.3 Å². The zero-order chi connectivity index (χ0) is 24.4. The van der Waals surface area contributed by atoms with E-state index in [0.717, 1.165) is 5.56 Å². The van der Waals surface area contributed by atoms with Crippen LogP contribution in [0.5, 0.6) is 0 Å². The molecule has 2 atom stereocenters. The molecule has 3 amide bonds. The van der Waals surface area contributed by atoms with Gasteiger partial charge in [0.25, 0.3) is 0 Å². The number of esters is 1. The molecule has 9 heteroatoms. The van der Waals surface area contributed by atoms with E-state index in [0.29, 0.717) is 13.0 Å². The molecule has 0 bridgehead atoms. The van der Waals surface area contributed by atoms with Crippen molar-refractivity contribution in [2.24, 2.45) is 5.92 Å². The van der Waals surface area contributed by atoms with E-state index in [2.05, 4.69) is 34.5 Å². The second-order valence-electron chi connectivity index (χ2n) is 6.78. The Morgan fingerprint density at radius 1 is 1.16 bits per heavy atom. The fourth-order valence-corrected chi connectivity index (χ4v) is 2.68. The van der Waals surface area contributed by atoms with Gasteiger partial charge in [0.1, 0.15) is 19.2 Å². The summed E-state index contributed by atoms with van der Waals surface area (Å²) in [5.41, 5.74) is 0.817. The second kappa shape index (κ2) is 17.6. The van der Waals surface area contributed by atoms with Gasteiger partial charge in [-0.2, -0.15) is 0 Å². The lowest BCUT2D eigenvalue weighted by molar-refractivity contribution is -0.145. The molecule has 1 heterocycles. The highest BCUT2D eigenvalue weighted by atomic mass is 16.5. The third kappa shape index (κ3) is 11.9. The lowest BCUT2D eigenvalue weighted by Gasteiger charge is -2.19. The van der Waals surface area contributed by atoms with Crippen LogP contribution in [-0.2, 0) is 30.5 Å². The molecule has 1 saturated heterocycles. The van der Waals surface area contributed by atoms with E-state index in [1.165, 1.54) is 13.5 Å². The predicted octanol–water partition coefficient (Wildman–Crippen LogP) is 2.54. The monoisotopic (exact) mass is 451 g/mol. The molecule has 0 saturated carbocycles. The van der Waals surface area contributed by atoms with Gasteiger partial charge in [-0.15, -0.1) is 0 Å². The van der Waals surface area contributed by atoms with Gasteiger partial charge in [-0.3, -0.25) is 9.59 Å². The van der Waals surface area contributed by atoms with E-state index in [1.807, 2.05) is 32.0 Å². The lowest BCUT2D eigenvalue weighted by atomic mass is 9.98. The van der Waals surface area contributed by atoms with Crippen molar-refractivity contribution in [2.75, 3.05) is 20.2 Å². The van der Waals surface area contributed by atoms with E-state index in [1.54, 1.807) is 12.1 Å². The van der Waals surface area contributed by atoms with Crippen LogP contribution >= 0.6 is 0 Å². The van der Waals surface area contributed by atoms with E-state index in [9.17, 15) is 19.2 Å². The van der Waals surface area contributed by atoms with Crippen LogP contribution in [0.1, 0.15) is 52.5 Å². The molecule has 0 radical (unpaired) electrons. The second-order valence-corrected chi connectivity index (χ2v) is 6.78. The fraction of sp³-hybridized carbons (Fsp3) is 0.565. The van der Waals surface area contributed by atoms with Gasteiger partial charge in [0.05, 0.1) is 7.11 Å². The molecular formula is C23H37N3O6. The minimum absolute atomic E-state index is 0.0792. The minimum atomic E-state index is -0.960. The molecule has 9 nitrogen and oxygen atoms in total. The highest BCUT2D eigenvalue weighted by Gasteiger charge is 2.31. The number of methoxy groups -OCH3 is 1. The molecule has 2 rings (SSSR count). The molecule has 2 unspecified atom stereocenters. The minimum Gasteiger partial charge on any atom is -0.467 e. The van der Waals surface area contributed by atoms with E-state index in [4.69, 9.17) is 4.74 Å². The van der Waals surface area contributed by atoms with Gasteiger partial charge in [-0.25, -0.2) is 9.59 Å². The first-order chi connectivity index (χ1) is 15.4. The Bertz CT molecular complexity index is 696. The summed E-state index contributed by atoms with van der Waals surface area (Å²) in [4.78, 5) is 47.2. The topological polar surface area (TPSA) is 123 Å². The summed E-state index contributed by atoms with van der Waals surface area (Å²) in [5.74, 6) is -1.74. The van der Waals surface area contributed by atoms with Crippen molar-refractivity contribution in [1.82, 2.24) is 16.0 Å². The van der Waals surface area contributed by atoms with Crippen molar-refractivity contribution < 1.29 is 28.7 Å². The first-order valence-electron chi connectivity index (χ1n) is 11.0. The molecule has 1 aliphatic heterocycles. The maximum atomic E-state index is 12.0. The number of rotatable bonds is 8. The Balaban J connectivity index is 0.00000177. The van der Waals surface area contributed by atoms with E-state index < -0.39 is 24.0 Å². The van der Waals surface area contributed by atoms with Crippen LogP contribution in [0, 0.1) is 5.92 Å². The molecule has 1 aromatic carbocycles. The van der Waals surface area contributed by atoms with Gasteiger partial charge in [0, 0.05) is 12.5 Å². The van der Waals surface area contributed by atoms with Crippen molar-refractivity contribution in [3.05, 3.63) is 35.9 Å². The molecule has 3 N–H and O–H groups in total. The number of hydrogen-bond donors (Lipinski definition) is 3. The molecular weight excluding hydrogens is 414 g/mol. The number of nitrogens with one attached hydrogen (secondary N) is 3. The Kier molecular flexibility index (Phi) is 15.9. The Labute approximate surface area is 190 Å². The van der Waals surface area contributed by atoms with Gasteiger partial charge in [-0.1, -0.05) is 64.4 Å². The molecule has 1 aromatic rings. The quantitative estimate of drug-likeness (QED) is 0.522. The van der Waals surface area contributed by atoms with Crippen LogP contribution < -0.4 is 16.0 Å². The van der Waals surface area contributed by atoms with Gasteiger partial charge in [0.2, 0.25) is 11.8 Å². The molecule has 1 aliphatic rings. The smallest absolute Gasteiger partial charge is 0.407 e. The van der Waals surface area contributed by atoms with Crippen molar-refractivity contribution in [3.8, 4) is 0 Å². The molecule has 0 aromatic heterocycles. The molecule has 32 heavy (non-hydrogen) atoms. The summed E-state index contributed by atoms with van der Waals surface area (Å²) >= 11 is 0. The highest BCUT2D eigenvalue weighted by molar-refractivity contribution is 5.88. The van der Waals surface area contributed by atoms with E-state index in [-0.39, 0.29) is 31.4 Å². The fourth-order valence-electron chi connectivity index (χ4n) is 2.68. The number of amides is 3. The van der Waals surface area contributed by atoms with Crippen molar-refractivity contribution in [2.45, 2.75) is 59.6 Å². The third-order valence-corrected chi connectivity index (χ3v) is 4.11. The number of carbonyl (C=O) groups is 4. The molecule has 0 aliphatic carbocycles. The maximum absolute atomic E-state index is 12.0. The lowest BCUT2D eigenvalue weighted by Crippen LogP contribution is -2.47. The van der Waals surface area contributed by atoms with Gasteiger partial charge in [-0.05, 0) is 18.4 Å². The summed E-state index contributed by atoms with van der Waals surface area (Å²) in [7, 11) is 1.20. The Morgan fingerprint density at radius 3 is 2.31 bits per heavy atom. The van der Waals surface area contributed by atoms with Gasteiger partial charge < -0.3 is 25.4 Å². The van der Waals surface area contributed by atoms with Crippen LogP contribution in [0.4, 0.5) is 4.79 Å². The van der Waals surface area contributed by atoms with Crippen molar-refractivity contribution >= 4 is 23.9 Å². The largest absolute Gasteiger partial charge is 0.467 e. The number of benzene rings is 1. The standard InChI is InChI=1S/C18H23N3O6.C3H8.C2H6/c1-26-17(24)14(9-13-7-8-19-16(13)23)21-15(22)10-20-18(25)27-11-12-5-3-2-4-6-12;1-3-2;1-2/h2-6,13-14H,7-11H2,1H3,(H,19,23)(H,20,25)(H,21,22);3H2,1-2H3;1-2H3. The average Bonchev–Trinajstić information content (AvgIpc) is 3.22.